The normalized spacial score (nSPS) is 23.0. The van der Waals surface area contributed by atoms with Crippen molar-refractivity contribution in [2.24, 2.45) is 0 Å². The average molecular weight is 282 g/mol. The van der Waals surface area contributed by atoms with E-state index in [9.17, 15) is 0 Å². The molecule has 0 aromatic rings. The van der Waals surface area contributed by atoms with Crippen molar-refractivity contribution >= 4 is 12.4 Å². The minimum absolute atomic E-state index is 0. The zero-order chi connectivity index (χ0) is 11.7. The summed E-state index contributed by atoms with van der Waals surface area (Å²) in [6, 6.07) is 0. The molecule has 3 nitrogen and oxygen atoms in total. The molecule has 1 aliphatic heterocycles. The monoisotopic (exact) mass is 281 g/mol. The van der Waals surface area contributed by atoms with Gasteiger partial charge in [-0.1, -0.05) is 52.4 Å². The first-order valence-electron chi connectivity index (χ1n) is 7.17. The molecule has 1 saturated heterocycles. The average Bonchev–Trinajstić information content (AvgIpc) is 2.35. The van der Waals surface area contributed by atoms with E-state index in [1.54, 1.807) is 0 Å². The van der Waals surface area contributed by atoms with E-state index < -0.39 is 0 Å². The zero-order valence-corrected chi connectivity index (χ0v) is 12.9. The van der Waals surface area contributed by atoms with Crippen LogP contribution in [-0.4, -0.2) is 30.8 Å². The molecule has 1 heterocycles. The smallest absolute Gasteiger partial charge is 0.0804 e. The first-order chi connectivity index (χ1) is 7.83. The molecule has 0 aromatic heterocycles. The van der Waals surface area contributed by atoms with Crippen LogP contribution in [0.2, 0.25) is 0 Å². The van der Waals surface area contributed by atoms with Crippen molar-refractivity contribution < 1.29 is 10.2 Å². The molecule has 1 rings (SSSR count). The molecule has 0 aromatic carbocycles. The van der Waals surface area contributed by atoms with Crippen molar-refractivity contribution in [1.29, 1.82) is 0 Å². The molecule has 0 aliphatic carbocycles. The lowest BCUT2D eigenvalue weighted by Crippen LogP contribution is -2.49. The highest BCUT2D eigenvalue weighted by Crippen LogP contribution is 2.25. The summed E-state index contributed by atoms with van der Waals surface area (Å²) in [6.45, 7) is 7.50. The Bertz CT molecular complexity index is 173. The standard InChI is InChI=1S/C14H29NO.ClH.H2O/c1-3-5-6-7-8-9-10-14(4-2)13-15-11-12-16-14;;/h15H,3-13H2,1-2H3;1H;1H2. The first kappa shape index (κ1) is 20.5. The summed E-state index contributed by atoms with van der Waals surface area (Å²) in [5.41, 5.74) is 0.156. The first-order valence-corrected chi connectivity index (χ1v) is 7.17. The van der Waals surface area contributed by atoms with Crippen LogP contribution in [0.1, 0.15) is 65.2 Å². The van der Waals surface area contributed by atoms with Crippen molar-refractivity contribution in [1.82, 2.24) is 5.32 Å². The Kier molecular flexibility index (Phi) is 13.9. The summed E-state index contributed by atoms with van der Waals surface area (Å²) in [6.07, 6.45) is 10.7. The van der Waals surface area contributed by atoms with E-state index in [0.717, 1.165) is 26.1 Å². The second-order valence-corrected chi connectivity index (χ2v) is 5.08. The zero-order valence-electron chi connectivity index (χ0n) is 12.1. The van der Waals surface area contributed by atoms with Crippen molar-refractivity contribution in [3.63, 3.8) is 0 Å². The van der Waals surface area contributed by atoms with Crippen LogP contribution in [0.25, 0.3) is 0 Å². The molecule has 1 unspecified atom stereocenters. The molecule has 0 radical (unpaired) electrons. The van der Waals surface area contributed by atoms with Crippen LogP contribution in [0.3, 0.4) is 0 Å². The van der Waals surface area contributed by atoms with E-state index in [0.29, 0.717) is 0 Å². The molecule has 1 aliphatic rings. The SMILES string of the molecule is CCCCCCCCC1(CC)CNCCO1.Cl.O. The minimum atomic E-state index is 0. The van der Waals surface area contributed by atoms with Crippen molar-refractivity contribution in [3.05, 3.63) is 0 Å². The fourth-order valence-electron chi connectivity index (χ4n) is 2.50. The summed E-state index contributed by atoms with van der Waals surface area (Å²) in [7, 11) is 0. The highest BCUT2D eigenvalue weighted by molar-refractivity contribution is 5.85. The summed E-state index contributed by atoms with van der Waals surface area (Å²) in [5.74, 6) is 0. The Balaban J connectivity index is 0. The molecule has 0 spiro atoms. The fourth-order valence-corrected chi connectivity index (χ4v) is 2.50. The number of rotatable bonds is 8. The number of nitrogens with one attached hydrogen (secondary N) is 1. The molecular formula is C14H32ClNO2. The molecule has 4 heteroatoms. The van der Waals surface area contributed by atoms with E-state index in [1.807, 2.05) is 0 Å². The van der Waals surface area contributed by atoms with Crippen LogP contribution < -0.4 is 5.32 Å². The Labute approximate surface area is 119 Å². The number of hydrogen-bond acceptors (Lipinski definition) is 2. The van der Waals surface area contributed by atoms with Gasteiger partial charge in [0.2, 0.25) is 0 Å². The van der Waals surface area contributed by atoms with Gasteiger partial charge in [-0.2, -0.15) is 0 Å². The van der Waals surface area contributed by atoms with Crippen LogP contribution in [0, 0.1) is 0 Å². The molecular weight excluding hydrogens is 250 g/mol. The highest BCUT2D eigenvalue weighted by atomic mass is 35.5. The summed E-state index contributed by atoms with van der Waals surface area (Å²) < 4.78 is 5.98. The number of hydrogen-bond donors (Lipinski definition) is 1. The maximum Gasteiger partial charge on any atom is 0.0804 e. The number of unbranched alkanes of at least 4 members (excludes halogenated alkanes) is 5. The molecule has 0 amide bonds. The van der Waals surface area contributed by atoms with Gasteiger partial charge in [0.05, 0.1) is 12.2 Å². The number of morpholine rings is 1. The van der Waals surface area contributed by atoms with Crippen LogP contribution in [0.5, 0.6) is 0 Å². The molecule has 1 atom stereocenters. The molecule has 18 heavy (non-hydrogen) atoms. The van der Waals surface area contributed by atoms with Crippen LogP contribution >= 0.6 is 12.4 Å². The largest absolute Gasteiger partial charge is 0.412 e. The quantitative estimate of drug-likeness (QED) is 0.695. The van der Waals surface area contributed by atoms with E-state index in [1.165, 1.54) is 44.9 Å². The number of ether oxygens (including phenoxy) is 1. The Morgan fingerprint density at radius 1 is 1.06 bits per heavy atom. The lowest BCUT2D eigenvalue weighted by Gasteiger charge is -2.37. The fraction of sp³-hybridized carbons (Fsp3) is 1.00. The maximum atomic E-state index is 5.98. The minimum Gasteiger partial charge on any atom is -0.412 e. The lowest BCUT2D eigenvalue weighted by atomic mass is 9.91. The third kappa shape index (κ3) is 7.57. The molecule has 0 bridgehead atoms. The van der Waals surface area contributed by atoms with E-state index >= 15 is 0 Å². The summed E-state index contributed by atoms with van der Waals surface area (Å²) in [4.78, 5) is 0. The third-order valence-corrected chi connectivity index (χ3v) is 3.76. The summed E-state index contributed by atoms with van der Waals surface area (Å²) >= 11 is 0. The predicted octanol–water partition coefficient (Wildman–Crippen LogP) is 3.10. The molecule has 3 N–H and O–H groups in total. The van der Waals surface area contributed by atoms with E-state index in [4.69, 9.17) is 4.74 Å². The van der Waals surface area contributed by atoms with Gasteiger partial charge in [0.1, 0.15) is 0 Å². The van der Waals surface area contributed by atoms with Gasteiger partial charge in [-0.15, -0.1) is 12.4 Å². The van der Waals surface area contributed by atoms with Gasteiger partial charge in [-0.3, -0.25) is 0 Å². The van der Waals surface area contributed by atoms with Crippen LogP contribution in [0.15, 0.2) is 0 Å². The van der Waals surface area contributed by atoms with Gasteiger partial charge >= 0.3 is 0 Å². The summed E-state index contributed by atoms with van der Waals surface area (Å²) in [5, 5.41) is 3.46. The van der Waals surface area contributed by atoms with Gasteiger partial charge in [0.25, 0.3) is 0 Å². The van der Waals surface area contributed by atoms with Crippen LogP contribution in [-0.2, 0) is 4.74 Å². The van der Waals surface area contributed by atoms with Gasteiger partial charge < -0.3 is 15.5 Å². The molecule has 112 valence electrons. The van der Waals surface area contributed by atoms with E-state index in [-0.39, 0.29) is 23.5 Å². The topological polar surface area (TPSA) is 52.8 Å². The van der Waals surface area contributed by atoms with Crippen molar-refractivity contribution in [3.8, 4) is 0 Å². The van der Waals surface area contributed by atoms with Crippen molar-refractivity contribution in [2.75, 3.05) is 19.7 Å². The maximum absolute atomic E-state index is 5.98. The predicted molar refractivity (Wildman–Crippen MR) is 80.7 cm³/mol. The Hall–Kier alpha value is 0.170. The van der Waals surface area contributed by atoms with Crippen LogP contribution in [0.4, 0.5) is 0 Å². The second kappa shape index (κ2) is 12.2. The third-order valence-electron chi connectivity index (χ3n) is 3.76. The second-order valence-electron chi connectivity index (χ2n) is 5.08. The van der Waals surface area contributed by atoms with Gasteiger partial charge in [-0.25, -0.2) is 0 Å². The molecule has 1 fully saturated rings. The lowest BCUT2D eigenvalue weighted by molar-refractivity contribution is -0.0748. The van der Waals surface area contributed by atoms with Gasteiger partial charge in [-0.05, 0) is 12.8 Å². The van der Waals surface area contributed by atoms with Gasteiger partial charge in [0, 0.05) is 13.1 Å². The van der Waals surface area contributed by atoms with Crippen molar-refractivity contribution in [2.45, 2.75) is 70.8 Å². The van der Waals surface area contributed by atoms with Gasteiger partial charge in [0.15, 0.2) is 0 Å². The molecule has 0 saturated carbocycles. The number of halogens is 1. The highest BCUT2D eigenvalue weighted by Gasteiger charge is 2.30. The Morgan fingerprint density at radius 2 is 1.72 bits per heavy atom. The Morgan fingerprint density at radius 3 is 2.28 bits per heavy atom. The van der Waals surface area contributed by atoms with E-state index in [2.05, 4.69) is 19.2 Å².